The molecule has 0 bridgehead atoms. The zero-order chi connectivity index (χ0) is 20.1. The molecule has 3 amide bonds. The number of rotatable bonds is 6. The number of anilines is 1. The largest absolute Gasteiger partial charge is 0.467 e. The summed E-state index contributed by atoms with van der Waals surface area (Å²) in [6.45, 7) is 6.33. The fourth-order valence-electron chi connectivity index (χ4n) is 3.00. The second-order valence-corrected chi connectivity index (χ2v) is 8.25. The van der Waals surface area contributed by atoms with Crippen LogP contribution in [0.5, 0.6) is 0 Å². The first-order valence-corrected chi connectivity index (χ1v) is 10.3. The molecule has 9 nitrogen and oxygen atoms in total. The summed E-state index contributed by atoms with van der Waals surface area (Å²) >= 11 is 1.27. The number of hydrogen-bond acceptors (Lipinski definition) is 7. The number of nitrogens with zero attached hydrogens (tertiary/aromatic N) is 4. The lowest BCUT2D eigenvalue weighted by atomic mass is 10.00. The van der Waals surface area contributed by atoms with Crippen molar-refractivity contribution in [1.82, 2.24) is 25.4 Å². The van der Waals surface area contributed by atoms with Crippen LogP contribution in [0.1, 0.15) is 32.4 Å². The number of nitrogens with one attached hydrogen (secondary N) is 2. The Kier molecular flexibility index (Phi) is 6.61. The Morgan fingerprint density at radius 2 is 2.11 bits per heavy atom. The lowest BCUT2D eigenvalue weighted by Crippen LogP contribution is -2.41. The van der Waals surface area contributed by atoms with Crippen LogP contribution in [0.4, 0.5) is 10.7 Å². The number of thioether (sulfide) groups is 1. The number of aromatic nitrogens is 3. The van der Waals surface area contributed by atoms with Gasteiger partial charge in [-0.15, -0.1) is 10.2 Å². The monoisotopic (exact) mass is 406 g/mol. The maximum Gasteiger partial charge on any atom is 0.321 e. The lowest BCUT2D eigenvalue weighted by molar-refractivity contribution is -0.119. The van der Waals surface area contributed by atoms with Crippen molar-refractivity contribution in [2.24, 2.45) is 5.92 Å². The van der Waals surface area contributed by atoms with Crippen molar-refractivity contribution in [2.75, 3.05) is 25.0 Å². The molecule has 0 aliphatic carbocycles. The third kappa shape index (κ3) is 4.86. The summed E-state index contributed by atoms with van der Waals surface area (Å²) in [5.74, 6) is 1.89. The fourth-order valence-corrected chi connectivity index (χ4v) is 3.84. The van der Waals surface area contributed by atoms with E-state index >= 15 is 0 Å². The number of amides is 3. The van der Waals surface area contributed by atoms with E-state index in [0.717, 1.165) is 37.6 Å². The average Bonchev–Trinajstić information content (AvgIpc) is 3.33. The standard InChI is InChI=1S/C18H26N6O3S/c1-12-6-8-23(9-7-12)17-21-22-18(24(17)11-14-5-4-10-27-14)28-13(2)15(25)20-16(26)19-3/h4-5,10,12-13H,6-9,11H2,1-3H3,(H2,19,20,25,26)/t13-/m1/s1. The molecule has 3 heterocycles. The molecule has 0 radical (unpaired) electrons. The molecular weight excluding hydrogens is 380 g/mol. The Labute approximate surface area is 168 Å². The second kappa shape index (κ2) is 9.13. The summed E-state index contributed by atoms with van der Waals surface area (Å²) in [7, 11) is 1.46. The van der Waals surface area contributed by atoms with Gasteiger partial charge < -0.3 is 14.6 Å². The van der Waals surface area contributed by atoms with Gasteiger partial charge in [0.1, 0.15) is 5.76 Å². The van der Waals surface area contributed by atoms with Crippen molar-refractivity contribution in [1.29, 1.82) is 0 Å². The summed E-state index contributed by atoms with van der Waals surface area (Å²) in [6.07, 6.45) is 3.86. The Morgan fingerprint density at radius 3 is 2.75 bits per heavy atom. The molecule has 2 aromatic heterocycles. The van der Waals surface area contributed by atoms with E-state index in [9.17, 15) is 9.59 Å². The van der Waals surface area contributed by atoms with Crippen LogP contribution in [-0.2, 0) is 11.3 Å². The van der Waals surface area contributed by atoms with Gasteiger partial charge in [-0.25, -0.2) is 4.79 Å². The van der Waals surface area contributed by atoms with E-state index in [2.05, 4.69) is 32.7 Å². The Morgan fingerprint density at radius 1 is 1.36 bits per heavy atom. The van der Waals surface area contributed by atoms with Crippen molar-refractivity contribution in [2.45, 2.75) is 43.6 Å². The predicted octanol–water partition coefficient (Wildman–Crippen LogP) is 2.09. The highest BCUT2D eigenvalue weighted by atomic mass is 32.2. The van der Waals surface area contributed by atoms with Crippen LogP contribution in [0.25, 0.3) is 0 Å². The van der Waals surface area contributed by atoms with E-state index < -0.39 is 11.3 Å². The predicted molar refractivity (Wildman–Crippen MR) is 106 cm³/mol. The summed E-state index contributed by atoms with van der Waals surface area (Å²) in [5.41, 5.74) is 0. The average molecular weight is 407 g/mol. The normalized spacial score (nSPS) is 16.0. The van der Waals surface area contributed by atoms with Crippen molar-refractivity contribution >= 4 is 29.6 Å². The molecule has 0 spiro atoms. The van der Waals surface area contributed by atoms with E-state index in [1.165, 1.54) is 18.8 Å². The van der Waals surface area contributed by atoms with Crippen LogP contribution in [0.15, 0.2) is 28.0 Å². The van der Waals surface area contributed by atoms with Gasteiger partial charge in [-0.1, -0.05) is 18.7 Å². The minimum Gasteiger partial charge on any atom is -0.467 e. The Bertz CT molecular complexity index is 798. The summed E-state index contributed by atoms with van der Waals surface area (Å²) in [4.78, 5) is 25.8. The first-order chi connectivity index (χ1) is 13.5. The lowest BCUT2D eigenvalue weighted by Gasteiger charge is -2.31. The number of piperidine rings is 1. The molecule has 0 aromatic carbocycles. The van der Waals surface area contributed by atoms with Gasteiger partial charge in [-0.3, -0.25) is 14.7 Å². The van der Waals surface area contributed by atoms with Gasteiger partial charge in [-0.05, 0) is 37.8 Å². The first kappa shape index (κ1) is 20.2. The van der Waals surface area contributed by atoms with Gasteiger partial charge in [-0.2, -0.15) is 0 Å². The maximum absolute atomic E-state index is 12.2. The Hall–Kier alpha value is -2.49. The number of carbonyl (C=O) groups excluding carboxylic acids is 2. The molecular formula is C18H26N6O3S. The zero-order valence-corrected chi connectivity index (χ0v) is 17.2. The maximum atomic E-state index is 12.2. The van der Waals surface area contributed by atoms with Gasteiger partial charge in [0.25, 0.3) is 0 Å². The molecule has 2 N–H and O–H groups in total. The van der Waals surface area contributed by atoms with Crippen molar-refractivity contribution in [3.63, 3.8) is 0 Å². The van der Waals surface area contributed by atoms with Gasteiger partial charge in [0, 0.05) is 20.1 Å². The molecule has 10 heteroatoms. The van der Waals surface area contributed by atoms with Crippen LogP contribution in [-0.4, -0.2) is 52.1 Å². The number of hydrogen-bond donors (Lipinski definition) is 2. The van der Waals surface area contributed by atoms with E-state index in [0.29, 0.717) is 17.6 Å². The molecule has 28 heavy (non-hydrogen) atoms. The van der Waals surface area contributed by atoms with Gasteiger partial charge in [0.15, 0.2) is 5.16 Å². The molecule has 1 saturated heterocycles. The highest BCUT2D eigenvalue weighted by molar-refractivity contribution is 8.00. The number of imide groups is 1. The molecule has 2 aromatic rings. The van der Waals surface area contributed by atoms with E-state index in [4.69, 9.17) is 4.42 Å². The quantitative estimate of drug-likeness (QED) is 0.708. The summed E-state index contributed by atoms with van der Waals surface area (Å²) in [5, 5.41) is 13.5. The number of furan rings is 1. The van der Waals surface area contributed by atoms with Gasteiger partial charge in [0.2, 0.25) is 11.9 Å². The molecule has 3 rings (SSSR count). The summed E-state index contributed by atoms with van der Waals surface area (Å²) in [6, 6.07) is 3.21. The van der Waals surface area contributed by atoms with Crippen molar-refractivity contribution in [3.05, 3.63) is 24.2 Å². The van der Waals surface area contributed by atoms with Crippen LogP contribution >= 0.6 is 11.8 Å². The number of urea groups is 1. The fraction of sp³-hybridized carbons (Fsp3) is 0.556. The molecule has 152 valence electrons. The third-order valence-electron chi connectivity index (χ3n) is 4.77. The molecule has 1 aliphatic heterocycles. The molecule has 1 aliphatic rings. The minimum absolute atomic E-state index is 0.384. The van der Waals surface area contributed by atoms with E-state index in [1.807, 2.05) is 16.7 Å². The van der Waals surface area contributed by atoms with Crippen molar-refractivity contribution < 1.29 is 14.0 Å². The second-order valence-electron chi connectivity index (χ2n) is 6.95. The third-order valence-corrected chi connectivity index (χ3v) is 5.85. The van der Waals surface area contributed by atoms with Gasteiger partial charge >= 0.3 is 6.03 Å². The number of carbonyl (C=O) groups is 2. The van der Waals surface area contributed by atoms with Crippen LogP contribution in [0, 0.1) is 5.92 Å². The zero-order valence-electron chi connectivity index (χ0n) is 16.3. The minimum atomic E-state index is -0.530. The smallest absolute Gasteiger partial charge is 0.321 e. The van der Waals surface area contributed by atoms with E-state index in [-0.39, 0.29) is 5.91 Å². The molecule has 1 atom stereocenters. The van der Waals surface area contributed by atoms with Crippen LogP contribution in [0.2, 0.25) is 0 Å². The highest BCUT2D eigenvalue weighted by Crippen LogP contribution is 2.29. The van der Waals surface area contributed by atoms with Crippen LogP contribution < -0.4 is 15.5 Å². The Balaban J connectivity index is 1.79. The van der Waals surface area contributed by atoms with E-state index in [1.54, 1.807) is 13.2 Å². The van der Waals surface area contributed by atoms with Crippen LogP contribution in [0.3, 0.4) is 0 Å². The summed E-state index contributed by atoms with van der Waals surface area (Å²) < 4.78 is 7.48. The molecule has 0 saturated carbocycles. The molecule has 0 unspecified atom stereocenters. The highest BCUT2D eigenvalue weighted by Gasteiger charge is 2.26. The van der Waals surface area contributed by atoms with Gasteiger partial charge in [0.05, 0.1) is 18.1 Å². The molecule has 1 fully saturated rings. The first-order valence-electron chi connectivity index (χ1n) is 9.37. The SMILES string of the molecule is CNC(=O)NC(=O)[C@@H](C)Sc1nnc(N2CCC(C)CC2)n1Cc1ccco1. The topological polar surface area (TPSA) is 105 Å². The van der Waals surface area contributed by atoms with Crippen molar-refractivity contribution in [3.8, 4) is 0 Å².